The van der Waals surface area contributed by atoms with Crippen LogP contribution in [0, 0.1) is 0 Å². The van der Waals surface area contributed by atoms with Gasteiger partial charge in [-0.05, 0) is 54.7 Å². The van der Waals surface area contributed by atoms with Crippen molar-refractivity contribution in [1.29, 1.82) is 0 Å². The van der Waals surface area contributed by atoms with E-state index >= 15 is 0 Å². The van der Waals surface area contributed by atoms with Gasteiger partial charge in [-0.1, -0.05) is 6.07 Å². The van der Waals surface area contributed by atoms with E-state index < -0.39 is 23.4 Å². The van der Waals surface area contributed by atoms with Crippen LogP contribution in [0.2, 0.25) is 0 Å². The van der Waals surface area contributed by atoms with Gasteiger partial charge in [0.05, 0.1) is 19.9 Å². The van der Waals surface area contributed by atoms with Crippen LogP contribution in [-0.2, 0) is 28.1 Å². The molecule has 4 rings (SSSR count). The van der Waals surface area contributed by atoms with Crippen molar-refractivity contribution < 1.29 is 23.5 Å². The second-order valence-corrected chi connectivity index (χ2v) is 6.96. The minimum Gasteiger partial charge on any atom is -0.497 e. The number of aryl methyl sites for hydroxylation is 1. The van der Waals surface area contributed by atoms with Gasteiger partial charge in [0.15, 0.2) is 0 Å². The van der Waals surface area contributed by atoms with E-state index in [1.807, 2.05) is 12.1 Å². The molecule has 1 aliphatic heterocycles. The molecule has 2 N–H and O–H groups in total. The maximum Gasteiger partial charge on any atom is 0.325 e. The number of carbonyl (C=O) groups is 3. The van der Waals surface area contributed by atoms with E-state index in [1.54, 1.807) is 25.3 Å². The molecule has 4 amide bonds. The number of hydrogen-bond acceptors (Lipinski definition) is 5. The van der Waals surface area contributed by atoms with E-state index in [1.165, 1.54) is 6.26 Å². The number of furan rings is 1. The topological polar surface area (TPSA) is 101 Å². The van der Waals surface area contributed by atoms with E-state index in [0.29, 0.717) is 17.9 Å². The van der Waals surface area contributed by atoms with Gasteiger partial charge in [0.1, 0.15) is 23.6 Å². The van der Waals surface area contributed by atoms with E-state index in [4.69, 9.17) is 9.15 Å². The zero-order valence-corrected chi connectivity index (χ0v) is 15.5. The number of benzene rings is 1. The Kier molecular flexibility index (Phi) is 4.54. The summed E-state index contributed by atoms with van der Waals surface area (Å²) < 4.78 is 10.4. The summed E-state index contributed by atoms with van der Waals surface area (Å²) in [5.74, 6) is 0.485. The SMILES string of the molecule is COc1ccc2c(c1)CCC[C@@]21NC(=O)N(CC(=O)NCc2ccco2)C1=O. The van der Waals surface area contributed by atoms with Crippen LogP contribution in [0.5, 0.6) is 5.75 Å². The number of nitrogens with zero attached hydrogens (tertiary/aromatic N) is 1. The summed E-state index contributed by atoms with van der Waals surface area (Å²) in [6.45, 7) is -0.137. The Balaban J connectivity index is 1.52. The number of urea groups is 1. The fraction of sp³-hybridized carbons (Fsp3) is 0.350. The standard InChI is InChI=1S/C20H21N3O5/c1-27-14-6-7-16-13(10-14)4-2-8-20(16)18(25)23(19(26)22-20)12-17(24)21-11-15-5-3-9-28-15/h3,5-7,9-10H,2,4,8,11-12H2,1H3,(H,21,24)(H,22,26)/t20-/m1/s1. The van der Waals surface area contributed by atoms with Gasteiger partial charge in [-0.25, -0.2) is 4.79 Å². The second-order valence-electron chi connectivity index (χ2n) is 6.96. The van der Waals surface area contributed by atoms with E-state index in [-0.39, 0.29) is 13.1 Å². The van der Waals surface area contributed by atoms with Crippen LogP contribution in [0.3, 0.4) is 0 Å². The summed E-state index contributed by atoms with van der Waals surface area (Å²) >= 11 is 0. The molecule has 2 heterocycles. The van der Waals surface area contributed by atoms with Crippen LogP contribution >= 0.6 is 0 Å². The molecule has 1 spiro atoms. The van der Waals surface area contributed by atoms with Gasteiger partial charge >= 0.3 is 6.03 Å². The maximum absolute atomic E-state index is 13.2. The van der Waals surface area contributed by atoms with Gasteiger partial charge in [-0.3, -0.25) is 14.5 Å². The summed E-state index contributed by atoms with van der Waals surface area (Å²) in [7, 11) is 1.59. The number of carbonyl (C=O) groups excluding carboxylic acids is 3. The van der Waals surface area contributed by atoms with Crippen molar-refractivity contribution in [2.45, 2.75) is 31.3 Å². The van der Waals surface area contributed by atoms with Gasteiger partial charge in [0.25, 0.3) is 5.91 Å². The fourth-order valence-corrected chi connectivity index (χ4v) is 3.92. The molecule has 8 heteroatoms. The molecule has 1 aliphatic carbocycles. The number of hydrogen-bond donors (Lipinski definition) is 2. The van der Waals surface area contributed by atoms with Crippen molar-refractivity contribution >= 4 is 17.8 Å². The molecule has 0 bridgehead atoms. The van der Waals surface area contributed by atoms with E-state index in [9.17, 15) is 14.4 Å². The average Bonchev–Trinajstić information content (AvgIpc) is 3.30. The zero-order chi connectivity index (χ0) is 19.7. The summed E-state index contributed by atoms with van der Waals surface area (Å²) in [4.78, 5) is 38.9. The van der Waals surface area contributed by atoms with Crippen molar-refractivity contribution in [3.63, 3.8) is 0 Å². The number of amides is 4. The molecule has 0 unspecified atom stereocenters. The molecule has 0 saturated carbocycles. The van der Waals surface area contributed by atoms with Crippen LogP contribution in [0.25, 0.3) is 0 Å². The fourth-order valence-electron chi connectivity index (χ4n) is 3.92. The summed E-state index contributed by atoms with van der Waals surface area (Å²) in [5.41, 5.74) is 0.637. The largest absolute Gasteiger partial charge is 0.497 e. The molecule has 8 nitrogen and oxygen atoms in total. The van der Waals surface area contributed by atoms with E-state index in [2.05, 4.69) is 10.6 Å². The highest BCUT2D eigenvalue weighted by atomic mass is 16.5. The maximum atomic E-state index is 13.2. The first-order valence-corrected chi connectivity index (χ1v) is 9.14. The normalized spacial score (nSPS) is 20.8. The first kappa shape index (κ1) is 18.1. The third-order valence-electron chi connectivity index (χ3n) is 5.29. The number of methoxy groups -OCH3 is 1. The van der Waals surface area contributed by atoms with Crippen LogP contribution in [0.1, 0.15) is 29.7 Å². The van der Waals surface area contributed by atoms with Crippen LogP contribution < -0.4 is 15.4 Å². The zero-order valence-electron chi connectivity index (χ0n) is 15.5. The average molecular weight is 383 g/mol. The van der Waals surface area contributed by atoms with Crippen LogP contribution in [0.4, 0.5) is 4.79 Å². The molecular weight excluding hydrogens is 362 g/mol. The molecule has 1 atom stereocenters. The Morgan fingerprint density at radius 3 is 2.96 bits per heavy atom. The molecule has 2 aliphatic rings. The van der Waals surface area contributed by atoms with Crippen molar-refractivity contribution in [1.82, 2.24) is 15.5 Å². The highest BCUT2D eigenvalue weighted by molar-refractivity contribution is 6.09. The first-order valence-electron chi connectivity index (χ1n) is 9.14. The number of fused-ring (bicyclic) bond motifs is 2. The lowest BCUT2D eigenvalue weighted by Crippen LogP contribution is -2.47. The minimum absolute atomic E-state index is 0.198. The predicted octanol–water partition coefficient (Wildman–Crippen LogP) is 1.69. The second kappa shape index (κ2) is 7.03. The van der Waals surface area contributed by atoms with Crippen LogP contribution in [0.15, 0.2) is 41.0 Å². The molecule has 1 fully saturated rings. The van der Waals surface area contributed by atoms with Crippen LogP contribution in [-0.4, -0.2) is 36.4 Å². The predicted molar refractivity (Wildman–Crippen MR) is 98.4 cm³/mol. The summed E-state index contributed by atoms with van der Waals surface area (Å²) in [5, 5.41) is 5.49. The molecule has 1 aromatic heterocycles. The van der Waals surface area contributed by atoms with Crippen molar-refractivity contribution in [2.75, 3.05) is 13.7 Å². The summed E-state index contributed by atoms with van der Waals surface area (Å²) in [6, 6.07) is 8.40. The third-order valence-corrected chi connectivity index (χ3v) is 5.29. The Hall–Kier alpha value is -3.29. The molecule has 1 aromatic carbocycles. The van der Waals surface area contributed by atoms with Crippen molar-refractivity contribution in [3.8, 4) is 5.75 Å². The van der Waals surface area contributed by atoms with Gasteiger partial charge in [0, 0.05) is 0 Å². The van der Waals surface area contributed by atoms with E-state index in [0.717, 1.165) is 28.9 Å². The molecule has 1 saturated heterocycles. The highest BCUT2D eigenvalue weighted by Gasteiger charge is 2.54. The lowest BCUT2D eigenvalue weighted by Gasteiger charge is -2.33. The number of rotatable bonds is 5. The molecular formula is C20H21N3O5. The van der Waals surface area contributed by atoms with Crippen molar-refractivity contribution in [2.24, 2.45) is 0 Å². The highest BCUT2D eigenvalue weighted by Crippen LogP contribution is 2.41. The monoisotopic (exact) mass is 383 g/mol. The quantitative estimate of drug-likeness (QED) is 0.765. The van der Waals surface area contributed by atoms with Gasteiger partial charge < -0.3 is 19.8 Å². The Bertz CT molecular complexity index is 924. The minimum atomic E-state index is -1.11. The number of ether oxygens (including phenoxy) is 1. The molecule has 2 aromatic rings. The first-order chi connectivity index (χ1) is 13.5. The Morgan fingerprint density at radius 2 is 2.21 bits per heavy atom. The Morgan fingerprint density at radius 1 is 1.36 bits per heavy atom. The molecule has 0 radical (unpaired) electrons. The van der Waals surface area contributed by atoms with Gasteiger partial charge in [0.2, 0.25) is 5.91 Å². The lowest BCUT2D eigenvalue weighted by atomic mass is 9.76. The number of imide groups is 1. The smallest absolute Gasteiger partial charge is 0.325 e. The van der Waals surface area contributed by atoms with Gasteiger partial charge in [-0.15, -0.1) is 0 Å². The molecule has 28 heavy (non-hydrogen) atoms. The number of nitrogens with one attached hydrogen (secondary N) is 2. The third kappa shape index (κ3) is 3.00. The Labute approximate surface area is 161 Å². The van der Waals surface area contributed by atoms with Crippen molar-refractivity contribution in [3.05, 3.63) is 53.5 Å². The summed E-state index contributed by atoms with van der Waals surface area (Å²) in [6.07, 6.45) is 3.57. The lowest BCUT2D eigenvalue weighted by molar-refractivity contribution is -0.135. The molecule has 146 valence electrons. The van der Waals surface area contributed by atoms with Gasteiger partial charge in [-0.2, -0.15) is 0 Å².